The largest absolute Gasteiger partial charge is 0.374 e. The van der Waals surface area contributed by atoms with Gasteiger partial charge in [-0.3, -0.25) is 19.1 Å². The van der Waals surface area contributed by atoms with Crippen molar-refractivity contribution in [3.05, 3.63) is 32.6 Å². The summed E-state index contributed by atoms with van der Waals surface area (Å²) in [5, 5.41) is 0. The first-order valence-electron chi connectivity index (χ1n) is 6.70. The molecule has 0 bridgehead atoms. The normalized spacial score (nSPS) is 20.0. The van der Waals surface area contributed by atoms with E-state index in [4.69, 9.17) is 4.74 Å². The molecule has 2 heterocycles. The summed E-state index contributed by atoms with van der Waals surface area (Å²) in [6, 6.07) is 0. The number of hydrogen-bond donors (Lipinski definition) is 1. The van der Waals surface area contributed by atoms with Gasteiger partial charge in [-0.05, 0) is 13.5 Å². The van der Waals surface area contributed by atoms with E-state index in [-0.39, 0.29) is 24.0 Å². The lowest BCUT2D eigenvalue weighted by Gasteiger charge is -2.32. The first-order chi connectivity index (χ1) is 9.52. The molecule has 2 rings (SSSR count). The highest BCUT2D eigenvalue weighted by Crippen LogP contribution is 2.05. The number of ketones is 1. The molecule has 7 heteroatoms. The molecule has 1 atom stereocenters. The molecule has 1 aliphatic heterocycles. The van der Waals surface area contributed by atoms with Crippen LogP contribution in [0.5, 0.6) is 0 Å². The maximum absolute atomic E-state index is 12.1. The fourth-order valence-electron chi connectivity index (χ4n) is 2.31. The Kier molecular flexibility index (Phi) is 4.51. The molecule has 0 aromatic carbocycles. The Balaban J connectivity index is 2.25. The van der Waals surface area contributed by atoms with Crippen molar-refractivity contribution in [2.45, 2.75) is 26.5 Å². The van der Waals surface area contributed by atoms with Gasteiger partial charge >= 0.3 is 5.69 Å². The molecule has 1 aliphatic rings. The van der Waals surface area contributed by atoms with E-state index < -0.39 is 11.2 Å². The van der Waals surface area contributed by atoms with Gasteiger partial charge in [-0.2, -0.15) is 0 Å². The molecule has 1 aromatic rings. The molecule has 0 radical (unpaired) electrons. The number of carbonyl (C=O) groups is 1. The molecule has 110 valence electrons. The number of ether oxygens (including phenoxy) is 1. The Morgan fingerprint density at radius 2 is 2.25 bits per heavy atom. The molecule has 0 spiro atoms. The van der Waals surface area contributed by atoms with Crippen LogP contribution in [0, 0.1) is 0 Å². The van der Waals surface area contributed by atoms with Crippen molar-refractivity contribution in [3.63, 3.8) is 0 Å². The number of Topliss-reactive ketones (excluding diaryl/α,β-unsaturated/α-hetero) is 1. The van der Waals surface area contributed by atoms with Crippen LogP contribution in [0.25, 0.3) is 0 Å². The summed E-state index contributed by atoms with van der Waals surface area (Å²) in [7, 11) is 0. The Morgan fingerprint density at radius 3 is 2.90 bits per heavy atom. The van der Waals surface area contributed by atoms with E-state index in [1.807, 2.05) is 0 Å². The zero-order valence-electron chi connectivity index (χ0n) is 11.7. The second-order valence-electron chi connectivity index (χ2n) is 4.87. The van der Waals surface area contributed by atoms with Gasteiger partial charge in [-0.25, -0.2) is 4.79 Å². The van der Waals surface area contributed by atoms with Gasteiger partial charge in [0.2, 0.25) is 0 Å². The van der Waals surface area contributed by atoms with Gasteiger partial charge in [0, 0.05) is 19.3 Å². The Morgan fingerprint density at radius 1 is 1.50 bits per heavy atom. The predicted molar refractivity (Wildman–Crippen MR) is 73.2 cm³/mol. The van der Waals surface area contributed by atoms with Gasteiger partial charge in [0.1, 0.15) is 0 Å². The van der Waals surface area contributed by atoms with E-state index in [0.29, 0.717) is 13.2 Å². The fourth-order valence-corrected chi connectivity index (χ4v) is 2.31. The fraction of sp³-hybridized carbons (Fsp3) is 0.615. The third kappa shape index (κ3) is 3.05. The highest BCUT2D eigenvalue weighted by Gasteiger charge is 2.22. The Bertz CT molecular complexity index is 604. The zero-order valence-corrected chi connectivity index (χ0v) is 11.7. The van der Waals surface area contributed by atoms with Crippen LogP contribution in [-0.4, -0.2) is 52.6 Å². The molecule has 1 N–H and O–H groups in total. The van der Waals surface area contributed by atoms with E-state index in [2.05, 4.69) is 16.8 Å². The van der Waals surface area contributed by atoms with Gasteiger partial charge in [-0.1, -0.05) is 6.92 Å². The van der Waals surface area contributed by atoms with Crippen LogP contribution < -0.4 is 11.2 Å². The van der Waals surface area contributed by atoms with E-state index in [9.17, 15) is 14.4 Å². The number of rotatable bonds is 4. The van der Waals surface area contributed by atoms with Crippen molar-refractivity contribution in [2.24, 2.45) is 0 Å². The monoisotopic (exact) mass is 281 g/mol. The number of morpholine rings is 1. The smallest absolute Gasteiger partial charge is 0.328 e. The van der Waals surface area contributed by atoms with Crippen molar-refractivity contribution < 1.29 is 9.53 Å². The summed E-state index contributed by atoms with van der Waals surface area (Å²) in [6.45, 7) is 6.52. The van der Waals surface area contributed by atoms with Crippen LogP contribution in [0.15, 0.2) is 15.8 Å². The number of aromatic nitrogens is 2. The molecule has 0 aliphatic carbocycles. The first-order valence-corrected chi connectivity index (χ1v) is 6.70. The average Bonchev–Trinajstić information content (AvgIpc) is 2.43. The van der Waals surface area contributed by atoms with E-state index in [1.54, 1.807) is 0 Å². The molecule has 0 amide bonds. The van der Waals surface area contributed by atoms with Crippen molar-refractivity contribution >= 4 is 5.78 Å². The van der Waals surface area contributed by atoms with E-state index >= 15 is 0 Å². The minimum absolute atomic E-state index is 0.00671. The van der Waals surface area contributed by atoms with Crippen LogP contribution in [0.1, 0.15) is 24.2 Å². The lowest BCUT2D eigenvalue weighted by atomic mass is 10.2. The summed E-state index contributed by atoms with van der Waals surface area (Å²) in [4.78, 5) is 39.8. The van der Waals surface area contributed by atoms with Gasteiger partial charge in [0.25, 0.3) is 5.56 Å². The molecule has 1 aromatic heterocycles. The summed E-state index contributed by atoms with van der Waals surface area (Å²) >= 11 is 0. The molecule has 1 saturated heterocycles. The molecular weight excluding hydrogens is 262 g/mol. The minimum atomic E-state index is -0.557. The van der Waals surface area contributed by atoms with Crippen molar-refractivity contribution in [3.8, 4) is 0 Å². The average molecular weight is 281 g/mol. The standard InChI is InChI=1S/C13H19N3O4/c1-3-15-4-5-20-10(7-15)8-16-12(18)11(9(2)17)6-14-13(16)19/h6,10H,3-5,7-8H2,1-2H3,(H,14,19). The maximum Gasteiger partial charge on any atom is 0.328 e. The first kappa shape index (κ1) is 14.7. The van der Waals surface area contributed by atoms with Gasteiger partial charge < -0.3 is 9.72 Å². The number of carbonyl (C=O) groups excluding carboxylic acids is 1. The van der Waals surface area contributed by atoms with Crippen molar-refractivity contribution in [2.75, 3.05) is 26.2 Å². The van der Waals surface area contributed by atoms with Crippen molar-refractivity contribution in [1.82, 2.24) is 14.5 Å². The lowest BCUT2D eigenvalue weighted by Crippen LogP contribution is -2.48. The molecule has 0 saturated carbocycles. The van der Waals surface area contributed by atoms with E-state index in [1.165, 1.54) is 13.1 Å². The number of H-pyrrole nitrogens is 1. The topological polar surface area (TPSA) is 84.4 Å². The second kappa shape index (κ2) is 6.15. The summed E-state index contributed by atoms with van der Waals surface area (Å²) in [5.41, 5.74) is -1.08. The van der Waals surface area contributed by atoms with Crippen LogP contribution >= 0.6 is 0 Å². The summed E-state index contributed by atoms with van der Waals surface area (Å²) < 4.78 is 6.63. The zero-order chi connectivity index (χ0) is 14.7. The highest BCUT2D eigenvalue weighted by atomic mass is 16.5. The van der Waals surface area contributed by atoms with Crippen LogP contribution in [0.2, 0.25) is 0 Å². The summed E-state index contributed by atoms with van der Waals surface area (Å²) in [5.74, 6) is -0.361. The lowest BCUT2D eigenvalue weighted by molar-refractivity contribution is -0.0352. The van der Waals surface area contributed by atoms with E-state index in [0.717, 1.165) is 17.7 Å². The SMILES string of the molecule is CCN1CCOC(Cn2c(=O)[nH]cc(C(C)=O)c2=O)C1. The van der Waals surface area contributed by atoms with Crippen LogP contribution in [0.4, 0.5) is 0 Å². The van der Waals surface area contributed by atoms with Crippen molar-refractivity contribution in [1.29, 1.82) is 0 Å². The number of likely N-dealkylation sites (N-methyl/N-ethyl adjacent to an activating group) is 1. The second-order valence-corrected chi connectivity index (χ2v) is 4.87. The third-order valence-electron chi connectivity index (χ3n) is 3.50. The molecule has 1 unspecified atom stereocenters. The van der Waals surface area contributed by atoms with Gasteiger partial charge in [0.05, 0.1) is 24.8 Å². The predicted octanol–water partition coefficient (Wildman–Crippen LogP) is -0.540. The van der Waals surface area contributed by atoms with Gasteiger partial charge in [0.15, 0.2) is 5.78 Å². The summed E-state index contributed by atoms with van der Waals surface area (Å²) in [6.07, 6.45) is 0.952. The third-order valence-corrected chi connectivity index (χ3v) is 3.50. The minimum Gasteiger partial charge on any atom is -0.374 e. The molecule has 20 heavy (non-hydrogen) atoms. The quantitative estimate of drug-likeness (QED) is 0.749. The Labute approximate surface area is 116 Å². The van der Waals surface area contributed by atoms with Gasteiger partial charge in [-0.15, -0.1) is 0 Å². The van der Waals surface area contributed by atoms with Crippen LogP contribution in [0.3, 0.4) is 0 Å². The number of nitrogens with zero attached hydrogens (tertiary/aromatic N) is 2. The Hall–Kier alpha value is -1.73. The number of aromatic amines is 1. The molecule has 7 nitrogen and oxygen atoms in total. The molecular formula is C13H19N3O4. The number of nitrogens with one attached hydrogen (secondary N) is 1. The van der Waals surface area contributed by atoms with Crippen LogP contribution in [-0.2, 0) is 11.3 Å². The maximum atomic E-state index is 12.1. The number of hydrogen-bond acceptors (Lipinski definition) is 5. The highest BCUT2D eigenvalue weighted by molar-refractivity contribution is 5.93. The molecule has 1 fully saturated rings.